The van der Waals surface area contributed by atoms with Crippen LogP contribution >= 0.6 is 15.9 Å². The minimum absolute atomic E-state index is 0.112. The molecule has 2 unspecified atom stereocenters. The minimum Gasteiger partial charge on any atom is -0.497 e. The summed E-state index contributed by atoms with van der Waals surface area (Å²) in [7, 11) is 3.43. The first-order valence-electron chi connectivity index (χ1n) is 6.51. The fourth-order valence-corrected chi connectivity index (χ4v) is 2.86. The van der Waals surface area contributed by atoms with Gasteiger partial charge in [0.2, 0.25) is 0 Å². The molecule has 0 amide bonds. The number of halogens is 1. The first-order chi connectivity index (χ1) is 9.19. The molecule has 0 aliphatic heterocycles. The standard InChI is InChI=1S/C14H21BrN2O2/c1-18-11-5-6-12(15)10(7-11)8-13(17-16)14(19-2)9-3-4-9/h5-7,9,13-14,17H,3-4,8,16H2,1-2H3. The summed E-state index contributed by atoms with van der Waals surface area (Å²) < 4.78 is 11.9. The largest absolute Gasteiger partial charge is 0.497 e. The summed E-state index contributed by atoms with van der Waals surface area (Å²) in [6.45, 7) is 0. The molecule has 5 heteroatoms. The van der Waals surface area contributed by atoms with E-state index in [-0.39, 0.29) is 12.1 Å². The summed E-state index contributed by atoms with van der Waals surface area (Å²) in [5, 5.41) is 0. The van der Waals surface area contributed by atoms with Crippen molar-refractivity contribution in [3.63, 3.8) is 0 Å². The van der Waals surface area contributed by atoms with Crippen LogP contribution in [-0.4, -0.2) is 26.4 Å². The second-order valence-corrected chi connectivity index (χ2v) is 5.83. The SMILES string of the molecule is COc1ccc(Br)c(CC(NN)C(OC)C2CC2)c1. The van der Waals surface area contributed by atoms with Gasteiger partial charge in [-0.15, -0.1) is 0 Å². The van der Waals surface area contributed by atoms with Crippen molar-refractivity contribution in [3.8, 4) is 5.75 Å². The van der Waals surface area contributed by atoms with Gasteiger partial charge >= 0.3 is 0 Å². The molecule has 0 heterocycles. The zero-order valence-corrected chi connectivity index (χ0v) is 12.9. The van der Waals surface area contributed by atoms with E-state index in [1.807, 2.05) is 18.2 Å². The van der Waals surface area contributed by atoms with Gasteiger partial charge in [-0.1, -0.05) is 15.9 Å². The zero-order valence-electron chi connectivity index (χ0n) is 11.4. The number of benzene rings is 1. The van der Waals surface area contributed by atoms with Crippen LogP contribution in [0, 0.1) is 5.92 Å². The second kappa shape index (κ2) is 6.70. The van der Waals surface area contributed by atoms with Gasteiger partial charge < -0.3 is 9.47 Å². The maximum absolute atomic E-state index is 5.71. The van der Waals surface area contributed by atoms with Crippen molar-refractivity contribution in [1.82, 2.24) is 5.43 Å². The molecule has 0 aromatic heterocycles. The van der Waals surface area contributed by atoms with Gasteiger partial charge in [-0.2, -0.15) is 0 Å². The average Bonchev–Trinajstić information content (AvgIpc) is 3.25. The molecule has 0 spiro atoms. The van der Waals surface area contributed by atoms with Crippen LogP contribution in [-0.2, 0) is 11.2 Å². The highest BCUT2D eigenvalue weighted by Gasteiger charge is 2.36. The van der Waals surface area contributed by atoms with E-state index >= 15 is 0 Å². The van der Waals surface area contributed by atoms with E-state index in [1.165, 1.54) is 18.4 Å². The summed E-state index contributed by atoms with van der Waals surface area (Å²) >= 11 is 3.58. The third-order valence-electron chi connectivity index (χ3n) is 3.66. The van der Waals surface area contributed by atoms with Crippen molar-refractivity contribution in [3.05, 3.63) is 28.2 Å². The predicted octanol–water partition coefficient (Wildman–Crippen LogP) is 2.26. The lowest BCUT2D eigenvalue weighted by atomic mass is 9.98. The molecule has 0 saturated heterocycles. The van der Waals surface area contributed by atoms with E-state index in [0.29, 0.717) is 5.92 Å². The summed E-state index contributed by atoms with van der Waals surface area (Å²) in [6, 6.07) is 6.09. The van der Waals surface area contributed by atoms with Crippen LogP contribution in [0.15, 0.2) is 22.7 Å². The summed E-state index contributed by atoms with van der Waals surface area (Å²) in [5.74, 6) is 7.20. The Hall–Kier alpha value is -0.620. The Morgan fingerprint density at radius 2 is 2.16 bits per heavy atom. The molecule has 106 valence electrons. The Bertz CT molecular complexity index is 424. The molecule has 1 aliphatic carbocycles. The number of hydrogen-bond acceptors (Lipinski definition) is 4. The van der Waals surface area contributed by atoms with Gasteiger partial charge in [-0.25, -0.2) is 0 Å². The van der Waals surface area contributed by atoms with Crippen LogP contribution in [0.1, 0.15) is 18.4 Å². The van der Waals surface area contributed by atoms with E-state index in [9.17, 15) is 0 Å². The smallest absolute Gasteiger partial charge is 0.119 e. The number of nitrogens with one attached hydrogen (secondary N) is 1. The number of nitrogens with two attached hydrogens (primary N) is 1. The number of ether oxygens (including phenoxy) is 2. The molecule has 1 aromatic rings. The lowest BCUT2D eigenvalue weighted by Gasteiger charge is -2.26. The van der Waals surface area contributed by atoms with Gasteiger partial charge in [0.25, 0.3) is 0 Å². The third-order valence-corrected chi connectivity index (χ3v) is 4.44. The van der Waals surface area contributed by atoms with Gasteiger partial charge in [-0.3, -0.25) is 11.3 Å². The Labute approximate surface area is 122 Å². The van der Waals surface area contributed by atoms with Crippen LogP contribution in [0.5, 0.6) is 5.75 Å². The monoisotopic (exact) mass is 328 g/mol. The Morgan fingerprint density at radius 1 is 1.42 bits per heavy atom. The average molecular weight is 329 g/mol. The molecule has 4 nitrogen and oxygen atoms in total. The van der Waals surface area contributed by atoms with Crippen molar-refractivity contribution < 1.29 is 9.47 Å². The number of hydrogen-bond donors (Lipinski definition) is 2. The second-order valence-electron chi connectivity index (χ2n) is 4.97. The van der Waals surface area contributed by atoms with E-state index in [2.05, 4.69) is 21.4 Å². The van der Waals surface area contributed by atoms with Gasteiger partial charge in [0.05, 0.1) is 19.3 Å². The molecule has 2 atom stereocenters. The van der Waals surface area contributed by atoms with Crippen molar-refractivity contribution in [2.45, 2.75) is 31.4 Å². The summed E-state index contributed by atoms with van der Waals surface area (Å²) in [4.78, 5) is 0. The van der Waals surface area contributed by atoms with Crippen molar-refractivity contribution >= 4 is 15.9 Å². The molecule has 0 bridgehead atoms. The fraction of sp³-hybridized carbons (Fsp3) is 0.571. The highest BCUT2D eigenvalue weighted by Crippen LogP contribution is 2.36. The fourth-order valence-electron chi connectivity index (χ4n) is 2.45. The van der Waals surface area contributed by atoms with Crippen LogP contribution in [0.4, 0.5) is 0 Å². The van der Waals surface area contributed by atoms with E-state index in [4.69, 9.17) is 15.3 Å². The molecule has 1 saturated carbocycles. The normalized spacial score (nSPS) is 18.1. The van der Waals surface area contributed by atoms with Gasteiger partial charge in [0.1, 0.15) is 5.75 Å². The van der Waals surface area contributed by atoms with Crippen molar-refractivity contribution in [1.29, 1.82) is 0 Å². The first kappa shape index (κ1) is 14.8. The van der Waals surface area contributed by atoms with E-state index in [1.54, 1.807) is 14.2 Å². The number of hydrazine groups is 1. The number of methoxy groups -OCH3 is 2. The van der Waals surface area contributed by atoms with E-state index < -0.39 is 0 Å². The van der Waals surface area contributed by atoms with Crippen LogP contribution < -0.4 is 16.0 Å². The van der Waals surface area contributed by atoms with Crippen LogP contribution in [0.2, 0.25) is 0 Å². The lowest BCUT2D eigenvalue weighted by Crippen LogP contribution is -2.47. The molecule has 0 radical (unpaired) electrons. The van der Waals surface area contributed by atoms with E-state index in [0.717, 1.165) is 16.6 Å². The maximum Gasteiger partial charge on any atom is 0.119 e. The van der Waals surface area contributed by atoms with Crippen LogP contribution in [0.25, 0.3) is 0 Å². The van der Waals surface area contributed by atoms with Gasteiger partial charge in [0, 0.05) is 11.6 Å². The molecule has 2 rings (SSSR count). The molecular weight excluding hydrogens is 308 g/mol. The Kier molecular flexibility index (Phi) is 5.21. The van der Waals surface area contributed by atoms with Gasteiger partial charge in [-0.05, 0) is 48.9 Å². The highest BCUT2D eigenvalue weighted by atomic mass is 79.9. The topological polar surface area (TPSA) is 56.5 Å². The molecule has 19 heavy (non-hydrogen) atoms. The minimum atomic E-state index is 0.112. The maximum atomic E-state index is 5.71. The molecule has 3 N–H and O–H groups in total. The summed E-state index contributed by atoms with van der Waals surface area (Å²) in [5.41, 5.74) is 4.07. The first-order valence-corrected chi connectivity index (χ1v) is 7.30. The van der Waals surface area contributed by atoms with Crippen LogP contribution in [0.3, 0.4) is 0 Å². The third kappa shape index (κ3) is 3.69. The number of rotatable bonds is 7. The molecule has 1 aliphatic rings. The quantitative estimate of drug-likeness (QED) is 0.595. The Balaban J connectivity index is 2.12. The predicted molar refractivity (Wildman–Crippen MR) is 79.0 cm³/mol. The van der Waals surface area contributed by atoms with Crippen molar-refractivity contribution in [2.75, 3.05) is 14.2 Å². The molecule has 1 fully saturated rings. The Morgan fingerprint density at radius 3 is 2.68 bits per heavy atom. The molecule has 1 aromatic carbocycles. The lowest BCUT2D eigenvalue weighted by molar-refractivity contribution is 0.0510. The zero-order chi connectivity index (χ0) is 13.8. The summed E-state index contributed by atoms with van der Waals surface area (Å²) in [6.07, 6.45) is 3.44. The highest BCUT2D eigenvalue weighted by molar-refractivity contribution is 9.10. The van der Waals surface area contributed by atoms with Gasteiger partial charge in [0.15, 0.2) is 0 Å². The van der Waals surface area contributed by atoms with Crippen molar-refractivity contribution in [2.24, 2.45) is 11.8 Å². The molecular formula is C14H21BrN2O2.